The summed E-state index contributed by atoms with van der Waals surface area (Å²) in [5.74, 6) is -0.184. The lowest BCUT2D eigenvalue weighted by molar-refractivity contribution is -0.141. The number of nitrogens with one attached hydrogen (secondary N) is 1. The lowest BCUT2D eigenvalue weighted by Crippen LogP contribution is -2.19. The van der Waals surface area contributed by atoms with E-state index < -0.39 is 17.4 Å². The molecular weight excluding hydrogens is 319 g/mol. The molecule has 4 rings (SSSR count). The number of aromatic nitrogens is 3. The van der Waals surface area contributed by atoms with Gasteiger partial charge in [0.05, 0.1) is 5.56 Å². The summed E-state index contributed by atoms with van der Waals surface area (Å²) < 4.78 is 40.9. The molecule has 0 amide bonds. The molecular formula is C17H14F3N3O. The molecule has 0 aliphatic heterocycles. The van der Waals surface area contributed by atoms with Gasteiger partial charge in [-0.1, -0.05) is 30.3 Å². The molecule has 1 aliphatic carbocycles. The molecule has 1 fully saturated rings. The maximum atomic E-state index is 13.3. The van der Waals surface area contributed by atoms with Crippen LogP contribution < -0.4 is 5.56 Å². The van der Waals surface area contributed by atoms with Gasteiger partial charge in [-0.2, -0.15) is 22.8 Å². The molecule has 1 saturated carbocycles. The highest BCUT2D eigenvalue weighted by Crippen LogP contribution is 2.47. The Morgan fingerprint density at radius 1 is 1.21 bits per heavy atom. The standard InChI is InChI=1S/C17H14F3N3O/c1-9-12(10-5-3-2-4-6-10)16(24)23-15(21-9)13(11-7-8-11)14(22-23)17(18,19)20/h2-6,11,21H,7-8H2,1H3. The monoisotopic (exact) mass is 333 g/mol. The van der Waals surface area contributed by atoms with Gasteiger partial charge in [-0.3, -0.25) is 4.79 Å². The summed E-state index contributed by atoms with van der Waals surface area (Å²) in [4.78, 5) is 15.8. The van der Waals surface area contributed by atoms with Crippen LogP contribution in [0.1, 0.15) is 35.7 Å². The smallest absolute Gasteiger partial charge is 0.343 e. The topological polar surface area (TPSA) is 50.2 Å². The second-order valence-electron chi connectivity index (χ2n) is 6.09. The molecule has 1 N–H and O–H groups in total. The number of rotatable bonds is 2. The maximum Gasteiger partial charge on any atom is 0.435 e. The van der Waals surface area contributed by atoms with Crippen molar-refractivity contribution in [2.45, 2.75) is 31.9 Å². The minimum absolute atomic E-state index is 0.113. The van der Waals surface area contributed by atoms with Gasteiger partial charge in [-0.25, -0.2) is 0 Å². The minimum atomic E-state index is -4.58. The van der Waals surface area contributed by atoms with E-state index in [1.807, 2.05) is 6.07 Å². The number of hydrogen-bond donors (Lipinski definition) is 1. The first-order chi connectivity index (χ1) is 11.4. The molecule has 0 unspecified atom stereocenters. The van der Waals surface area contributed by atoms with Crippen LogP contribution in [0.2, 0.25) is 0 Å². The quantitative estimate of drug-likeness (QED) is 0.773. The lowest BCUT2D eigenvalue weighted by atomic mass is 10.1. The molecule has 3 aromatic rings. The number of fused-ring (bicyclic) bond motifs is 1. The molecule has 2 aromatic heterocycles. The van der Waals surface area contributed by atoms with Gasteiger partial charge < -0.3 is 4.98 Å². The van der Waals surface area contributed by atoms with Crippen LogP contribution in [0.25, 0.3) is 16.8 Å². The molecule has 1 aromatic carbocycles. The summed E-state index contributed by atoms with van der Waals surface area (Å²) >= 11 is 0. The van der Waals surface area contributed by atoms with Crippen LogP contribution in [0.15, 0.2) is 35.1 Å². The van der Waals surface area contributed by atoms with Crippen LogP contribution in [0, 0.1) is 6.92 Å². The predicted octanol–water partition coefficient (Wildman–Crippen LogP) is 3.89. The predicted molar refractivity (Wildman–Crippen MR) is 83.0 cm³/mol. The number of aryl methyl sites for hydroxylation is 1. The van der Waals surface area contributed by atoms with Gasteiger partial charge in [-0.15, -0.1) is 0 Å². The zero-order valence-corrected chi connectivity index (χ0v) is 12.8. The van der Waals surface area contributed by atoms with E-state index in [0.29, 0.717) is 29.7 Å². The zero-order chi connectivity index (χ0) is 17.1. The summed E-state index contributed by atoms with van der Waals surface area (Å²) in [7, 11) is 0. The maximum absolute atomic E-state index is 13.3. The molecule has 24 heavy (non-hydrogen) atoms. The second-order valence-corrected chi connectivity index (χ2v) is 6.09. The van der Waals surface area contributed by atoms with Gasteiger partial charge >= 0.3 is 6.18 Å². The zero-order valence-electron chi connectivity index (χ0n) is 12.8. The molecule has 0 saturated heterocycles. The highest BCUT2D eigenvalue weighted by atomic mass is 19.4. The average Bonchev–Trinajstić information content (AvgIpc) is 3.28. The normalized spacial score (nSPS) is 15.2. The fourth-order valence-electron chi connectivity index (χ4n) is 3.12. The third-order valence-corrected chi connectivity index (χ3v) is 4.33. The van der Waals surface area contributed by atoms with Crippen molar-refractivity contribution < 1.29 is 13.2 Å². The molecule has 2 heterocycles. The van der Waals surface area contributed by atoms with Gasteiger partial charge in [-0.05, 0) is 31.2 Å². The van der Waals surface area contributed by atoms with Crippen molar-refractivity contribution in [3.8, 4) is 11.1 Å². The highest BCUT2D eigenvalue weighted by molar-refractivity contribution is 5.67. The third-order valence-electron chi connectivity index (χ3n) is 4.33. The minimum Gasteiger partial charge on any atom is -0.343 e. The van der Waals surface area contributed by atoms with Gasteiger partial charge in [0, 0.05) is 11.3 Å². The Hall–Kier alpha value is -2.57. The fraction of sp³-hybridized carbons (Fsp3) is 0.294. The van der Waals surface area contributed by atoms with Gasteiger partial charge in [0.25, 0.3) is 5.56 Å². The van der Waals surface area contributed by atoms with Gasteiger partial charge in [0.2, 0.25) is 0 Å². The molecule has 7 heteroatoms. The van der Waals surface area contributed by atoms with E-state index in [9.17, 15) is 18.0 Å². The van der Waals surface area contributed by atoms with Crippen molar-refractivity contribution in [1.29, 1.82) is 0 Å². The fourth-order valence-corrected chi connectivity index (χ4v) is 3.12. The Kier molecular flexibility index (Phi) is 3.10. The molecule has 0 spiro atoms. The van der Waals surface area contributed by atoms with Crippen LogP contribution in [0.5, 0.6) is 0 Å². The first-order valence-corrected chi connectivity index (χ1v) is 7.66. The van der Waals surface area contributed by atoms with Crippen LogP contribution in [0.3, 0.4) is 0 Å². The van der Waals surface area contributed by atoms with E-state index in [-0.39, 0.29) is 17.1 Å². The summed E-state index contributed by atoms with van der Waals surface area (Å²) in [5, 5.41) is 3.62. The highest BCUT2D eigenvalue weighted by Gasteiger charge is 2.43. The van der Waals surface area contributed by atoms with Crippen molar-refractivity contribution in [2.24, 2.45) is 0 Å². The Bertz CT molecular complexity index is 982. The summed E-state index contributed by atoms with van der Waals surface area (Å²) in [6, 6.07) is 8.86. The van der Waals surface area contributed by atoms with Crippen molar-refractivity contribution in [3.63, 3.8) is 0 Å². The van der Waals surface area contributed by atoms with Crippen LogP contribution >= 0.6 is 0 Å². The lowest BCUT2D eigenvalue weighted by Gasteiger charge is -2.07. The van der Waals surface area contributed by atoms with E-state index in [1.54, 1.807) is 31.2 Å². The van der Waals surface area contributed by atoms with Crippen LogP contribution in [-0.4, -0.2) is 14.6 Å². The van der Waals surface area contributed by atoms with E-state index in [4.69, 9.17) is 0 Å². The van der Waals surface area contributed by atoms with Crippen molar-refractivity contribution in [1.82, 2.24) is 14.6 Å². The molecule has 1 aliphatic rings. The first kappa shape index (κ1) is 15.0. The number of nitrogens with zero attached hydrogens (tertiary/aromatic N) is 2. The van der Waals surface area contributed by atoms with E-state index >= 15 is 0 Å². The summed E-state index contributed by atoms with van der Waals surface area (Å²) in [6.07, 6.45) is -3.21. The van der Waals surface area contributed by atoms with E-state index in [2.05, 4.69) is 10.1 Å². The number of H-pyrrole nitrogens is 1. The molecule has 0 radical (unpaired) electrons. The number of alkyl halides is 3. The van der Waals surface area contributed by atoms with Crippen molar-refractivity contribution in [3.05, 3.63) is 57.6 Å². The molecule has 0 atom stereocenters. The number of halogens is 3. The Morgan fingerprint density at radius 3 is 2.46 bits per heavy atom. The summed E-state index contributed by atoms with van der Waals surface area (Å²) in [5.41, 5.74) is 0.299. The second kappa shape index (κ2) is 4.96. The number of hydrogen-bond acceptors (Lipinski definition) is 2. The Labute approximate surface area is 134 Å². The Balaban J connectivity index is 2.06. The SMILES string of the molecule is Cc1[nH]c2c(C3CC3)c(C(F)(F)F)nn2c(=O)c1-c1ccccc1. The van der Waals surface area contributed by atoms with E-state index in [0.717, 1.165) is 4.52 Å². The first-order valence-electron chi connectivity index (χ1n) is 7.66. The van der Waals surface area contributed by atoms with Crippen LogP contribution in [-0.2, 0) is 6.18 Å². The van der Waals surface area contributed by atoms with Crippen molar-refractivity contribution in [2.75, 3.05) is 0 Å². The third kappa shape index (κ3) is 2.23. The molecule has 0 bridgehead atoms. The largest absolute Gasteiger partial charge is 0.435 e. The number of benzene rings is 1. The van der Waals surface area contributed by atoms with E-state index in [1.165, 1.54) is 0 Å². The number of aromatic amines is 1. The van der Waals surface area contributed by atoms with Crippen molar-refractivity contribution >= 4 is 5.65 Å². The van der Waals surface area contributed by atoms with Gasteiger partial charge in [0.15, 0.2) is 5.69 Å². The Morgan fingerprint density at radius 2 is 1.88 bits per heavy atom. The average molecular weight is 333 g/mol. The molecule has 124 valence electrons. The summed E-state index contributed by atoms with van der Waals surface area (Å²) in [6.45, 7) is 1.70. The van der Waals surface area contributed by atoms with Gasteiger partial charge in [0.1, 0.15) is 5.65 Å². The molecule has 4 nitrogen and oxygen atoms in total. The van der Waals surface area contributed by atoms with Crippen LogP contribution in [0.4, 0.5) is 13.2 Å².